The molecule has 1 unspecified atom stereocenters. The quantitative estimate of drug-likeness (QED) is 0.603. The second kappa shape index (κ2) is 5.66. The summed E-state index contributed by atoms with van der Waals surface area (Å²) < 4.78 is 0. The first-order valence-electron chi connectivity index (χ1n) is 5.86. The lowest BCUT2D eigenvalue weighted by Gasteiger charge is -2.41. The van der Waals surface area contributed by atoms with E-state index in [2.05, 4.69) is 0 Å². The molecule has 0 aromatic carbocycles. The van der Waals surface area contributed by atoms with Crippen LogP contribution in [0.3, 0.4) is 0 Å². The molecule has 1 aliphatic rings. The van der Waals surface area contributed by atoms with Crippen molar-refractivity contribution in [3.05, 3.63) is 24.3 Å². The second-order valence-electron chi connectivity index (χ2n) is 4.41. The SMILES string of the molecule is CC=CC=CC(=O)N1CCCCC1(C)C(=O)O. The van der Waals surface area contributed by atoms with Gasteiger partial charge in [-0.05, 0) is 33.1 Å². The Hall–Kier alpha value is -1.58. The first-order valence-corrected chi connectivity index (χ1v) is 5.86. The van der Waals surface area contributed by atoms with E-state index >= 15 is 0 Å². The van der Waals surface area contributed by atoms with E-state index in [0.29, 0.717) is 13.0 Å². The maximum absolute atomic E-state index is 11.9. The van der Waals surface area contributed by atoms with Gasteiger partial charge in [0.05, 0.1) is 0 Å². The zero-order valence-corrected chi connectivity index (χ0v) is 10.3. The summed E-state index contributed by atoms with van der Waals surface area (Å²) in [5.41, 5.74) is -1.06. The monoisotopic (exact) mass is 237 g/mol. The lowest BCUT2D eigenvalue weighted by Crippen LogP contribution is -2.57. The van der Waals surface area contributed by atoms with Crippen LogP contribution in [0, 0.1) is 0 Å². The van der Waals surface area contributed by atoms with Crippen molar-refractivity contribution in [2.24, 2.45) is 0 Å². The minimum absolute atomic E-state index is 0.229. The molecular formula is C13H19NO3. The van der Waals surface area contributed by atoms with Gasteiger partial charge < -0.3 is 10.0 Å². The van der Waals surface area contributed by atoms with E-state index in [4.69, 9.17) is 0 Å². The molecule has 1 N–H and O–H groups in total. The van der Waals surface area contributed by atoms with Crippen molar-refractivity contribution in [3.63, 3.8) is 0 Å². The number of carboxylic acids is 1. The summed E-state index contributed by atoms with van der Waals surface area (Å²) in [7, 11) is 0. The Morgan fingerprint density at radius 1 is 1.29 bits per heavy atom. The Morgan fingerprint density at radius 2 is 2.00 bits per heavy atom. The van der Waals surface area contributed by atoms with Gasteiger partial charge in [0.2, 0.25) is 5.91 Å². The zero-order valence-electron chi connectivity index (χ0n) is 10.3. The van der Waals surface area contributed by atoms with Crippen LogP contribution in [-0.2, 0) is 9.59 Å². The van der Waals surface area contributed by atoms with E-state index in [1.165, 1.54) is 11.0 Å². The van der Waals surface area contributed by atoms with Crippen molar-refractivity contribution in [1.29, 1.82) is 0 Å². The number of likely N-dealkylation sites (tertiary alicyclic amines) is 1. The number of rotatable bonds is 3. The molecule has 0 saturated carbocycles. The Bertz CT molecular complexity index is 360. The summed E-state index contributed by atoms with van der Waals surface area (Å²) in [6.45, 7) is 3.99. The fourth-order valence-electron chi connectivity index (χ4n) is 2.04. The smallest absolute Gasteiger partial charge is 0.329 e. The average Bonchev–Trinajstić information content (AvgIpc) is 2.29. The van der Waals surface area contributed by atoms with Crippen molar-refractivity contribution in [1.82, 2.24) is 4.90 Å². The van der Waals surface area contributed by atoms with Crippen LogP contribution in [0.5, 0.6) is 0 Å². The number of amides is 1. The van der Waals surface area contributed by atoms with Crippen molar-refractivity contribution in [2.75, 3.05) is 6.54 Å². The average molecular weight is 237 g/mol. The van der Waals surface area contributed by atoms with Gasteiger partial charge in [-0.2, -0.15) is 0 Å². The molecule has 1 rings (SSSR count). The maximum atomic E-state index is 11.9. The van der Waals surface area contributed by atoms with Crippen LogP contribution >= 0.6 is 0 Å². The van der Waals surface area contributed by atoms with Crippen molar-refractivity contribution in [2.45, 2.75) is 38.6 Å². The first kappa shape index (κ1) is 13.5. The van der Waals surface area contributed by atoms with Crippen molar-refractivity contribution < 1.29 is 14.7 Å². The fraction of sp³-hybridized carbons (Fsp3) is 0.538. The summed E-state index contributed by atoms with van der Waals surface area (Å²) in [6.07, 6.45) is 8.87. The van der Waals surface area contributed by atoms with Gasteiger partial charge in [0.25, 0.3) is 0 Å². The molecule has 1 aliphatic heterocycles. The molecule has 1 saturated heterocycles. The maximum Gasteiger partial charge on any atom is 0.329 e. The first-order chi connectivity index (χ1) is 8.02. The van der Waals surface area contributed by atoms with Gasteiger partial charge in [-0.25, -0.2) is 4.79 Å². The highest BCUT2D eigenvalue weighted by Crippen LogP contribution is 2.28. The topological polar surface area (TPSA) is 57.6 Å². The van der Waals surface area contributed by atoms with E-state index in [1.54, 1.807) is 19.1 Å². The predicted molar refractivity (Wildman–Crippen MR) is 65.6 cm³/mol. The van der Waals surface area contributed by atoms with Gasteiger partial charge in [-0.1, -0.05) is 18.2 Å². The Labute approximate surface area is 102 Å². The Morgan fingerprint density at radius 3 is 2.59 bits per heavy atom. The molecule has 1 heterocycles. The van der Waals surface area contributed by atoms with E-state index in [9.17, 15) is 14.7 Å². The highest BCUT2D eigenvalue weighted by atomic mass is 16.4. The molecule has 0 spiro atoms. The highest BCUT2D eigenvalue weighted by molar-refractivity contribution is 5.93. The van der Waals surface area contributed by atoms with E-state index in [0.717, 1.165) is 12.8 Å². The number of allylic oxidation sites excluding steroid dienone is 3. The van der Waals surface area contributed by atoms with E-state index < -0.39 is 11.5 Å². The standard InChI is InChI=1S/C13H19NO3/c1-3-4-5-8-11(15)14-10-7-6-9-13(14,2)12(16)17/h3-5,8H,6-7,9-10H2,1-2H3,(H,16,17). The molecule has 0 aromatic rings. The molecule has 94 valence electrons. The molecule has 1 amide bonds. The molecule has 0 radical (unpaired) electrons. The Balaban J connectivity index is 2.85. The lowest BCUT2D eigenvalue weighted by atomic mass is 9.88. The van der Waals surface area contributed by atoms with Crippen LogP contribution in [0.1, 0.15) is 33.1 Å². The molecule has 4 nitrogen and oxygen atoms in total. The molecule has 4 heteroatoms. The number of hydrogen-bond acceptors (Lipinski definition) is 2. The van der Waals surface area contributed by atoms with Crippen LogP contribution < -0.4 is 0 Å². The molecule has 0 bridgehead atoms. The number of carbonyl (C=O) groups is 2. The molecule has 0 aliphatic carbocycles. The van der Waals surface area contributed by atoms with E-state index in [-0.39, 0.29) is 5.91 Å². The minimum Gasteiger partial charge on any atom is -0.480 e. The number of carbonyl (C=O) groups excluding carboxylic acids is 1. The Kier molecular flexibility index (Phi) is 4.49. The number of hydrogen-bond donors (Lipinski definition) is 1. The summed E-state index contributed by atoms with van der Waals surface area (Å²) >= 11 is 0. The van der Waals surface area contributed by atoms with Gasteiger partial charge in [-0.3, -0.25) is 4.79 Å². The third-order valence-corrected chi connectivity index (χ3v) is 3.16. The van der Waals surface area contributed by atoms with Crippen molar-refractivity contribution in [3.8, 4) is 0 Å². The fourth-order valence-corrected chi connectivity index (χ4v) is 2.04. The molecule has 1 fully saturated rings. The van der Waals surface area contributed by atoms with Crippen molar-refractivity contribution >= 4 is 11.9 Å². The summed E-state index contributed by atoms with van der Waals surface area (Å²) in [5, 5.41) is 9.26. The number of carboxylic acid groups (broad SMARTS) is 1. The van der Waals surface area contributed by atoms with Crippen LogP contribution in [0.4, 0.5) is 0 Å². The predicted octanol–water partition coefficient (Wildman–Crippen LogP) is 1.97. The van der Waals surface area contributed by atoms with Gasteiger partial charge in [0.1, 0.15) is 5.54 Å². The van der Waals surface area contributed by atoms with Crippen LogP contribution in [-0.4, -0.2) is 34.0 Å². The molecule has 0 aromatic heterocycles. The number of piperidine rings is 1. The number of aliphatic carboxylic acids is 1. The molecular weight excluding hydrogens is 218 g/mol. The minimum atomic E-state index is -1.06. The lowest BCUT2D eigenvalue weighted by molar-refractivity contribution is -0.158. The second-order valence-corrected chi connectivity index (χ2v) is 4.41. The molecule has 1 atom stereocenters. The third-order valence-electron chi connectivity index (χ3n) is 3.16. The van der Waals surface area contributed by atoms with E-state index in [1.807, 2.05) is 13.0 Å². The largest absolute Gasteiger partial charge is 0.480 e. The third kappa shape index (κ3) is 2.96. The number of nitrogens with zero attached hydrogens (tertiary/aromatic N) is 1. The normalized spacial score (nSPS) is 25.6. The van der Waals surface area contributed by atoms with Gasteiger partial charge in [0.15, 0.2) is 0 Å². The summed E-state index contributed by atoms with van der Waals surface area (Å²) in [4.78, 5) is 24.7. The zero-order chi connectivity index (χ0) is 12.9. The highest BCUT2D eigenvalue weighted by Gasteiger charge is 2.43. The summed E-state index contributed by atoms with van der Waals surface area (Å²) in [5.74, 6) is -1.15. The van der Waals surface area contributed by atoms with Crippen LogP contribution in [0.2, 0.25) is 0 Å². The van der Waals surface area contributed by atoms with Gasteiger partial charge >= 0.3 is 5.97 Å². The van der Waals surface area contributed by atoms with Crippen LogP contribution in [0.15, 0.2) is 24.3 Å². The van der Waals surface area contributed by atoms with Gasteiger partial charge in [0, 0.05) is 12.6 Å². The van der Waals surface area contributed by atoms with Crippen LogP contribution in [0.25, 0.3) is 0 Å². The summed E-state index contributed by atoms with van der Waals surface area (Å²) in [6, 6.07) is 0. The molecule has 17 heavy (non-hydrogen) atoms. The van der Waals surface area contributed by atoms with Gasteiger partial charge in [-0.15, -0.1) is 0 Å².